The van der Waals surface area contributed by atoms with E-state index in [1.165, 1.54) is 12.3 Å². The number of hydrogen-bond donors (Lipinski definition) is 0. The Balaban J connectivity index is 2.16. The lowest BCUT2D eigenvalue weighted by Gasteiger charge is -2.17. The van der Waals surface area contributed by atoms with Gasteiger partial charge in [0, 0.05) is 24.2 Å². The molecule has 2 aromatic heterocycles. The standard InChI is InChI=1S/C12H13ClN4O2S/c1-3-11-14-6-9(20-11)7-16(2)12-10(13)4-8(5-15-12)17(18)19/h4-6H,3,7H2,1-2H3. The molecule has 0 saturated carbocycles. The normalized spacial score (nSPS) is 10.6. The van der Waals surface area contributed by atoms with E-state index in [4.69, 9.17) is 11.6 Å². The van der Waals surface area contributed by atoms with Crippen LogP contribution in [-0.2, 0) is 13.0 Å². The van der Waals surface area contributed by atoms with Crippen molar-refractivity contribution in [3.8, 4) is 0 Å². The van der Waals surface area contributed by atoms with Crippen LogP contribution in [-0.4, -0.2) is 21.9 Å². The van der Waals surface area contributed by atoms with Gasteiger partial charge >= 0.3 is 0 Å². The second-order valence-electron chi connectivity index (χ2n) is 4.19. The molecule has 0 radical (unpaired) electrons. The molecule has 2 heterocycles. The van der Waals surface area contributed by atoms with E-state index in [2.05, 4.69) is 16.9 Å². The van der Waals surface area contributed by atoms with Crippen LogP contribution in [0.5, 0.6) is 0 Å². The highest BCUT2D eigenvalue weighted by molar-refractivity contribution is 7.11. The Morgan fingerprint density at radius 3 is 2.75 bits per heavy atom. The number of nitrogens with zero attached hydrogens (tertiary/aromatic N) is 4. The van der Waals surface area contributed by atoms with E-state index in [0.717, 1.165) is 16.3 Å². The van der Waals surface area contributed by atoms with Crippen molar-refractivity contribution >= 4 is 34.4 Å². The highest BCUT2D eigenvalue weighted by Crippen LogP contribution is 2.28. The summed E-state index contributed by atoms with van der Waals surface area (Å²) in [6.45, 7) is 2.67. The molecule has 0 amide bonds. The quantitative estimate of drug-likeness (QED) is 0.625. The fraction of sp³-hybridized carbons (Fsp3) is 0.333. The van der Waals surface area contributed by atoms with Crippen LogP contribution in [0.2, 0.25) is 5.02 Å². The molecule has 2 rings (SSSR count). The molecule has 0 aliphatic rings. The van der Waals surface area contributed by atoms with Gasteiger partial charge in [-0.2, -0.15) is 0 Å². The maximum absolute atomic E-state index is 10.6. The predicted octanol–water partition coefficient (Wildman–Crippen LogP) is 3.30. The first-order chi connectivity index (χ1) is 9.51. The van der Waals surface area contributed by atoms with Crippen molar-refractivity contribution in [1.29, 1.82) is 0 Å². The molecule has 0 aliphatic carbocycles. The third-order valence-corrected chi connectivity index (χ3v) is 4.08. The summed E-state index contributed by atoms with van der Waals surface area (Å²) >= 11 is 7.68. The van der Waals surface area contributed by atoms with Crippen LogP contribution in [0.25, 0.3) is 0 Å². The molecule has 0 aliphatic heterocycles. The summed E-state index contributed by atoms with van der Waals surface area (Å²) in [6.07, 6.45) is 3.95. The van der Waals surface area contributed by atoms with Crippen molar-refractivity contribution in [1.82, 2.24) is 9.97 Å². The SMILES string of the molecule is CCc1ncc(CN(C)c2ncc([N+](=O)[O-])cc2Cl)s1. The third-order valence-electron chi connectivity index (χ3n) is 2.68. The minimum Gasteiger partial charge on any atom is -0.353 e. The summed E-state index contributed by atoms with van der Waals surface area (Å²) in [5, 5.41) is 12.0. The summed E-state index contributed by atoms with van der Waals surface area (Å²) in [5.74, 6) is 0.517. The van der Waals surface area contributed by atoms with E-state index >= 15 is 0 Å². The number of aromatic nitrogens is 2. The molecule has 0 saturated heterocycles. The highest BCUT2D eigenvalue weighted by Gasteiger charge is 2.14. The van der Waals surface area contributed by atoms with E-state index in [1.54, 1.807) is 11.3 Å². The lowest BCUT2D eigenvalue weighted by molar-refractivity contribution is -0.385. The molecule has 0 spiro atoms. The second kappa shape index (κ2) is 6.15. The Bertz CT molecular complexity index is 632. The molecule has 0 fully saturated rings. The number of aryl methyl sites for hydroxylation is 1. The number of halogens is 1. The van der Waals surface area contributed by atoms with E-state index in [-0.39, 0.29) is 10.7 Å². The van der Waals surface area contributed by atoms with Gasteiger partial charge in [-0.3, -0.25) is 10.1 Å². The van der Waals surface area contributed by atoms with Crippen LogP contribution in [0.15, 0.2) is 18.5 Å². The number of rotatable bonds is 5. The zero-order valence-corrected chi connectivity index (χ0v) is 12.6. The fourth-order valence-electron chi connectivity index (χ4n) is 1.69. The van der Waals surface area contributed by atoms with Crippen molar-refractivity contribution < 1.29 is 4.92 Å². The van der Waals surface area contributed by atoms with Gasteiger partial charge in [0.05, 0.1) is 21.5 Å². The largest absolute Gasteiger partial charge is 0.353 e. The summed E-state index contributed by atoms with van der Waals surface area (Å²) in [6, 6.07) is 1.31. The molecule has 0 unspecified atom stereocenters. The molecule has 6 nitrogen and oxygen atoms in total. The molecule has 20 heavy (non-hydrogen) atoms. The van der Waals surface area contributed by atoms with E-state index < -0.39 is 4.92 Å². The second-order valence-corrected chi connectivity index (χ2v) is 5.79. The van der Waals surface area contributed by atoms with Gasteiger partial charge in [-0.05, 0) is 6.42 Å². The fourth-order valence-corrected chi connectivity index (χ4v) is 2.92. The van der Waals surface area contributed by atoms with Gasteiger partial charge in [0.1, 0.15) is 12.0 Å². The average molecular weight is 313 g/mol. The number of hydrogen-bond acceptors (Lipinski definition) is 6. The smallest absolute Gasteiger partial charge is 0.289 e. The van der Waals surface area contributed by atoms with Crippen LogP contribution in [0.1, 0.15) is 16.8 Å². The lowest BCUT2D eigenvalue weighted by Crippen LogP contribution is -2.17. The van der Waals surface area contributed by atoms with E-state index in [9.17, 15) is 10.1 Å². The Hall–Kier alpha value is -1.73. The molecule has 8 heteroatoms. The molecule has 106 valence electrons. The van der Waals surface area contributed by atoms with Gasteiger partial charge in [-0.15, -0.1) is 11.3 Å². The van der Waals surface area contributed by atoms with Crippen molar-refractivity contribution in [3.63, 3.8) is 0 Å². The van der Waals surface area contributed by atoms with Gasteiger partial charge < -0.3 is 4.90 Å². The minimum absolute atomic E-state index is 0.113. The van der Waals surface area contributed by atoms with Gasteiger partial charge in [0.25, 0.3) is 5.69 Å². The van der Waals surface area contributed by atoms with Crippen molar-refractivity contribution in [2.45, 2.75) is 19.9 Å². The summed E-state index contributed by atoms with van der Waals surface area (Å²) in [5.41, 5.74) is -0.113. The molecule has 0 bridgehead atoms. The topological polar surface area (TPSA) is 72.2 Å². The van der Waals surface area contributed by atoms with Gasteiger partial charge in [-0.25, -0.2) is 9.97 Å². The maximum atomic E-state index is 10.6. The molecule has 0 aromatic carbocycles. The first kappa shape index (κ1) is 14.7. The van der Waals surface area contributed by atoms with Crippen molar-refractivity contribution in [2.75, 3.05) is 11.9 Å². The molecule has 0 atom stereocenters. The maximum Gasteiger partial charge on any atom is 0.289 e. The summed E-state index contributed by atoms with van der Waals surface area (Å²) in [4.78, 5) is 21.4. The average Bonchev–Trinajstić information content (AvgIpc) is 2.85. The predicted molar refractivity (Wildman–Crippen MR) is 79.5 cm³/mol. The number of nitro groups is 1. The Kier molecular flexibility index (Phi) is 4.51. The van der Waals surface area contributed by atoms with Gasteiger partial charge in [0.2, 0.25) is 0 Å². The van der Waals surface area contributed by atoms with Crippen LogP contribution in [0, 0.1) is 10.1 Å². The zero-order chi connectivity index (χ0) is 14.7. The van der Waals surface area contributed by atoms with Crippen LogP contribution >= 0.6 is 22.9 Å². The Morgan fingerprint density at radius 1 is 1.45 bits per heavy atom. The number of thiazole rings is 1. The summed E-state index contributed by atoms with van der Waals surface area (Å²) < 4.78 is 0. The molecule has 0 N–H and O–H groups in total. The van der Waals surface area contributed by atoms with Crippen LogP contribution in [0.3, 0.4) is 0 Å². The van der Waals surface area contributed by atoms with Crippen molar-refractivity contribution in [3.05, 3.63) is 43.5 Å². The Morgan fingerprint density at radius 2 is 2.20 bits per heavy atom. The van der Waals surface area contributed by atoms with Crippen molar-refractivity contribution in [2.24, 2.45) is 0 Å². The number of anilines is 1. The van der Waals surface area contributed by atoms with E-state index in [1.807, 2.05) is 18.1 Å². The Labute approximate surface area is 125 Å². The minimum atomic E-state index is -0.515. The first-order valence-electron chi connectivity index (χ1n) is 5.96. The molecular weight excluding hydrogens is 300 g/mol. The summed E-state index contributed by atoms with van der Waals surface area (Å²) in [7, 11) is 1.84. The monoisotopic (exact) mass is 312 g/mol. The van der Waals surface area contributed by atoms with Crippen LogP contribution < -0.4 is 4.90 Å². The molecular formula is C12H13ClN4O2S. The van der Waals surface area contributed by atoms with Gasteiger partial charge in [-0.1, -0.05) is 18.5 Å². The lowest BCUT2D eigenvalue weighted by atomic mass is 10.4. The first-order valence-corrected chi connectivity index (χ1v) is 7.15. The zero-order valence-electron chi connectivity index (χ0n) is 11.0. The number of pyridine rings is 1. The third kappa shape index (κ3) is 3.23. The highest BCUT2D eigenvalue weighted by atomic mass is 35.5. The van der Waals surface area contributed by atoms with Gasteiger partial charge in [0.15, 0.2) is 0 Å². The van der Waals surface area contributed by atoms with E-state index in [0.29, 0.717) is 12.4 Å². The van der Waals surface area contributed by atoms with Crippen LogP contribution in [0.4, 0.5) is 11.5 Å². The molecule has 2 aromatic rings.